The second-order valence-electron chi connectivity index (χ2n) is 4.35. The minimum absolute atomic E-state index is 0.447. The van der Waals surface area contributed by atoms with Crippen molar-refractivity contribution in [1.82, 2.24) is 0 Å². The Bertz CT molecular complexity index is 409. The molecule has 0 saturated carbocycles. The minimum Gasteiger partial charge on any atom is -0.493 e. The SMILES string of the molecule is Cc1ccc(C(C)C)c(OCCCN=[N+]=[N-])c1. The van der Waals surface area contributed by atoms with Crippen molar-refractivity contribution in [3.05, 3.63) is 39.8 Å². The van der Waals surface area contributed by atoms with Gasteiger partial charge in [0.25, 0.3) is 0 Å². The molecule has 0 atom stereocenters. The monoisotopic (exact) mass is 233 g/mol. The maximum Gasteiger partial charge on any atom is 0.122 e. The number of hydrogen-bond acceptors (Lipinski definition) is 2. The highest BCUT2D eigenvalue weighted by molar-refractivity contribution is 5.39. The van der Waals surface area contributed by atoms with E-state index in [2.05, 4.69) is 49.0 Å². The van der Waals surface area contributed by atoms with Gasteiger partial charge in [0, 0.05) is 11.5 Å². The Labute approximate surface area is 102 Å². The van der Waals surface area contributed by atoms with E-state index in [1.165, 1.54) is 11.1 Å². The molecule has 0 N–H and O–H groups in total. The van der Waals surface area contributed by atoms with E-state index in [0.29, 0.717) is 19.1 Å². The van der Waals surface area contributed by atoms with Crippen LogP contribution in [0.3, 0.4) is 0 Å². The topological polar surface area (TPSA) is 58.0 Å². The number of rotatable bonds is 6. The van der Waals surface area contributed by atoms with Crippen LogP contribution in [-0.2, 0) is 0 Å². The van der Waals surface area contributed by atoms with Gasteiger partial charge < -0.3 is 4.74 Å². The highest BCUT2D eigenvalue weighted by Gasteiger charge is 2.07. The Morgan fingerprint density at radius 1 is 1.41 bits per heavy atom. The molecule has 0 aliphatic rings. The quantitative estimate of drug-likeness (QED) is 0.314. The van der Waals surface area contributed by atoms with Gasteiger partial charge in [0.1, 0.15) is 5.75 Å². The standard InChI is InChI=1S/C13H19N3O/c1-10(2)12-6-5-11(3)9-13(12)17-8-4-7-15-16-14/h5-6,9-10H,4,7-8H2,1-3H3. The Hall–Kier alpha value is -1.67. The third-order valence-corrected chi connectivity index (χ3v) is 2.51. The molecule has 0 fully saturated rings. The van der Waals surface area contributed by atoms with Gasteiger partial charge in [-0.3, -0.25) is 0 Å². The molecule has 0 bridgehead atoms. The van der Waals surface area contributed by atoms with Crippen molar-refractivity contribution in [3.63, 3.8) is 0 Å². The van der Waals surface area contributed by atoms with E-state index in [1.54, 1.807) is 0 Å². The molecule has 92 valence electrons. The molecule has 0 heterocycles. The summed E-state index contributed by atoms with van der Waals surface area (Å²) in [5.41, 5.74) is 10.6. The van der Waals surface area contributed by atoms with Crippen molar-refractivity contribution >= 4 is 0 Å². The van der Waals surface area contributed by atoms with Crippen LogP contribution in [0.4, 0.5) is 0 Å². The summed E-state index contributed by atoms with van der Waals surface area (Å²) in [6.45, 7) is 7.42. The summed E-state index contributed by atoms with van der Waals surface area (Å²) < 4.78 is 5.74. The lowest BCUT2D eigenvalue weighted by Crippen LogP contribution is -2.02. The van der Waals surface area contributed by atoms with Gasteiger partial charge in [-0.2, -0.15) is 0 Å². The van der Waals surface area contributed by atoms with E-state index in [0.717, 1.165) is 12.2 Å². The Morgan fingerprint density at radius 3 is 2.82 bits per heavy atom. The van der Waals surface area contributed by atoms with E-state index < -0.39 is 0 Å². The van der Waals surface area contributed by atoms with Crippen LogP contribution in [0.25, 0.3) is 10.4 Å². The summed E-state index contributed by atoms with van der Waals surface area (Å²) in [7, 11) is 0. The van der Waals surface area contributed by atoms with Gasteiger partial charge in [-0.1, -0.05) is 31.1 Å². The van der Waals surface area contributed by atoms with E-state index >= 15 is 0 Å². The maximum absolute atomic E-state index is 8.15. The zero-order valence-electron chi connectivity index (χ0n) is 10.7. The largest absolute Gasteiger partial charge is 0.493 e. The Morgan fingerprint density at radius 2 is 2.18 bits per heavy atom. The summed E-state index contributed by atoms with van der Waals surface area (Å²) >= 11 is 0. The van der Waals surface area contributed by atoms with E-state index in [1.807, 2.05) is 0 Å². The first-order valence-electron chi connectivity index (χ1n) is 5.89. The van der Waals surface area contributed by atoms with Gasteiger partial charge in [0.05, 0.1) is 6.61 Å². The van der Waals surface area contributed by atoms with Gasteiger partial charge in [0.2, 0.25) is 0 Å². The molecule has 0 unspecified atom stereocenters. The molecule has 1 aromatic carbocycles. The smallest absolute Gasteiger partial charge is 0.122 e. The first-order valence-corrected chi connectivity index (χ1v) is 5.89. The molecule has 4 nitrogen and oxygen atoms in total. The molecule has 0 radical (unpaired) electrons. The van der Waals surface area contributed by atoms with Crippen LogP contribution in [0, 0.1) is 6.92 Å². The van der Waals surface area contributed by atoms with Gasteiger partial charge in [0.15, 0.2) is 0 Å². The van der Waals surface area contributed by atoms with Crippen molar-refractivity contribution in [2.75, 3.05) is 13.2 Å². The van der Waals surface area contributed by atoms with Gasteiger partial charge in [-0.25, -0.2) is 0 Å². The molecular formula is C13H19N3O. The number of hydrogen-bond donors (Lipinski definition) is 0. The van der Waals surface area contributed by atoms with E-state index in [4.69, 9.17) is 10.3 Å². The van der Waals surface area contributed by atoms with Crippen LogP contribution in [0.2, 0.25) is 0 Å². The summed E-state index contributed by atoms with van der Waals surface area (Å²) in [5, 5.41) is 3.48. The Kier molecular flexibility index (Phi) is 5.37. The van der Waals surface area contributed by atoms with Crippen LogP contribution in [-0.4, -0.2) is 13.2 Å². The van der Waals surface area contributed by atoms with Gasteiger partial charge >= 0.3 is 0 Å². The maximum atomic E-state index is 8.15. The molecular weight excluding hydrogens is 214 g/mol. The van der Waals surface area contributed by atoms with Crippen LogP contribution >= 0.6 is 0 Å². The molecule has 0 spiro atoms. The fraction of sp³-hybridized carbons (Fsp3) is 0.538. The third-order valence-electron chi connectivity index (χ3n) is 2.51. The van der Waals surface area contributed by atoms with Crippen LogP contribution in [0.5, 0.6) is 5.75 Å². The number of benzene rings is 1. The number of azide groups is 1. The predicted octanol–water partition coefficient (Wildman–Crippen LogP) is 4.20. The first kappa shape index (κ1) is 13.4. The van der Waals surface area contributed by atoms with Crippen LogP contribution in [0.1, 0.15) is 37.3 Å². The fourth-order valence-corrected chi connectivity index (χ4v) is 1.61. The van der Waals surface area contributed by atoms with Crippen LogP contribution in [0.15, 0.2) is 23.3 Å². The second-order valence-corrected chi connectivity index (χ2v) is 4.35. The average molecular weight is 233 g/mol. The molecule has 0 aliphatic carbocycles. The summed E-state index contributed by atoms with van der Waals surface area (Å²) in [6, 6.07) is 6.27. The lowest BCUT2D eigenvalue weighted by atomic mass is 10.0. The molecule has 17 heavy (non-hydrogen) atoms. The molecule has 1 rings (SSSR count). The first-order chi connectivity index (χ1) is 8.15. The normalized spacial score (nSPS) is 10.1. The summed E-state index contributed by atoms with van der Waals surface area (Å²) in [6.07, 6.45) is 0.746. The van der Waals surface area contributed by atoms with Crippen molar-refractivity contribution in [2.24, 2.45) is 5.11 Å². The third kappa shape index (κ3) is 4.37. The number of aryl methyl sites for hydroxylation is 1. The average Bonchev–Trinajstić information content (AvgIpc) is 2.28. The van der Waals surface area contributed by atoms with Crippen molar-refractivity contribution in [3.8, 4) is 5.75 Å². The highest BCUT2D eigenvalue weighted by atomic mass is 16.5. The predicted molar refractivity (Wildman–Crippen MR) is 69.4 cm³/mol. The second kappa shape index (κ2) is 6.81. The molecule has 0 saturated heterocycles. The summed E-state index contributed by atoms with van der Waals surface area (Å²) in [5.74, 6) is 1.39. The molecule has 0 amide bonds. The minimum atomic E-state index is 0.447. The van der Waals surface area contributed by atoms with E-state index in [-0.39, 0.29) is 0 Å². The Balaban J connectivity index is 2.62. The zero-order valence-corrected chi connectivity index (χ0v) is 10.7. The molecule has 4 heteroatoms. The number of ether oxygens (including phenoxy) is 1. The van der Waals surface area contributed by atoms with Crippen LogP contribution < -0.4 is 4.74 Å². The molecule has 0 aromatic heterocycles. The fourth-order valence-electron chi connectivity index (χ4n) is 1.61. The lowest BCUT2D eigenvalue weighted by molar-refractivity contribution is 0.309. The zero-order chi connectivity index (χ0) is 12.7. The van der Waals surface area contributed by atoms with E-state index in [9.17, 15) is 0 Å². The van der Waals surface area contributed by atoms with Crippen molar-refractivity contribution in [2.45, 2.75) is 33.1 Å². The summed E-state index contributed by atoms with van der Waals surface area (Å²) in [4.78, 5) is 2.71. The molecule has 0 aliphatic heterocycles. The van der Waals surface area contributed by atoms with Crippen molar-refractivity contribution < 1.29 is 4.74 Å². The highest BCUT2D eigenvalue weighted by Crippen LogP contribution is 2.27. The van der Waals surface area contributed by atoms with Gasteiger partial charge in [-0.05, 0) is 42.0 Å². The molecule has 1 aromatic rings. The number of nitrogens with zero attached hydrogens (tertiary/aromatic N) is 3. The van der Waals surface area contributed by atoms with Gasteiger partial charge in [-0.15, -0.1) is 0 Å². The van der Waals surface area contributed by atoms with Crippen molar-refractivity contribution in [1.29, 1.82) is 0 Å². The lowest BCUT2D eigenvalue weighted by Gasteiger charge is -2.14.